The lowest BCUT2D eigenvalue weighted by molar-refractivity contribution is -0.142. The number of hydrogen-bond donors (Lipinski definition) is 0. The van der Waals surface area contributed by atoms with Crippen molar-refractivity contribution in [1.29, 1.82) is 0 Å². The van der Waals surface area contributed by atoms with Crippen LogP contribution in [0.2, 0.25) is 0 Å². The highest BCUT2D eigenvalue weighted by Crippen LogP contribution is 2.45. The molecule has 1 aliphatic heterocycles. The van der Waals surface area contributed by atoms with E-state index in [0.29, 0.717) is 0 Å². The standard InChI is InChI=1S/C15H17F3N2O/c16-15(17,18)12-5-1-4-11(19-12)10-13(21)20-9-3-8-14(20)6-2-7-14/h1,4-5H,2-3,6-10H2. The number of carbonyl (C=O) groups is 1. The van der Waals surface area contributed by atoms with Crippen LogP contribution in [-0.4, -0.2) is 27.9 Å². The van der Waals surface area contributed by atoms with E-state index in [-0.39, 0.29) is 23.6 Å². The van der Waals surface area contributed by atoms with Crippen LogP contribution >= 0.6 is 0 Å². The summed E-state index contributed by atoms with van der Waals surface area (Å²) in [6, 6.07) is 3.72. The van der Waals surface area contributed by atoms with E-state index in [1.807, 2.05) is 4.90 Å². The van der Waals surface area contributed by atoms with Gasteiger partial charge >= 0.3 is 6.18 Å². The summed E-state index contributed by atoms with van der Waals surface area (Å²) >= 11 is 0. The number of halogens is 3. The van der Waals surface area contributed by atoms with Crippen LogP contribution in [0.25, 0.3) is 0 Å². The van der Waals surface area contributed by atoms with Crippen molar-refractivity contribution in [2.75, 3.05) is 6.54 Å². The Morgan fingerprint density at radius 3 is 2.57 bits per heavy atom. The highest BCUT2D eigenvalue weighted by atomic mass is 19.4. The number of alkyl halides is 3. The summed E-state index contributed by atoms with van der Waals surface area (Å²) < 4.78 is 37.9. The Morgan fingerprint density at radius 1 is 1.24 bits per heavy atom. The molecule has 2 heterocycles. The van der Waals surface area contributed by atoms with Gasteiger partial charge in [-0.2, -0.15) is 13.2 Å². The number of carbonyl (C=O) groups excluding carboxylic acids is 1. The molecule has 2 aliphatic rings. The van der Waals surface area contributed by atoms with Crippen LogP contribution in [0.3, 0.4) is 0 Å². The van der Waals surface area contributed by atoms with E-state index in [1.54, 1.807) is 0 Å². The fourth-order valence-corrected chi connectivity index (χ4v) is 3.42. The first-order valence-electron chi connectivity index (χ1n) is 7.24. The Morgan fingerprint density at radius 2 is 1.95 bits per heavy atom. The molecule has 0 unspecified atom stereocenters. The smallest absolute Gasteiger partial charge is 0.337 e. The van der Waals surface area contributed by atoms with Crippen molar-refractivity contribution in [3.05, 3.63) is 29.6 Å². The predicted molar refractivity (Wildman–Crippen MR) is 70.5 cm³/mol. The molecule has 6 heteroatoms. The maximum atomic E-state index is 12.6. The summed E-state index contributed by atoms with van der Waals surface area (Å²) in [6.45, 7) is 0.720. The van der Waals surface area contributed by atoms with Gasteiger partial charge in [0, 0.05) is 12.1 Å². The lowest BCUT2D eigenvalue weighted by atomic mass is 9.75. The average Bonchev–Trinajstić information content (AvgIpc) is 2.82. The molecule has 1 saturated heterocycles. The van der Waals surface area contributed by atoms with Crippen LogP contribution < -0.4 is 0 Å². The second-order valence-electron chi connectivity index (χ2n) is 5.92. The molecule has 0 aromatic carbocycles. The van der Waals surface area contributed by atoms with Crippen molar-refractivity contribution in [3.63, 3.8) is 0 Å². The fraction of sp³-hybridized carbons (Fsp3) is 0.600. The monoisotopic (exact) mass is 298 g/mol. The highest BCUT2D eigenvalue weighted by Gasteiger charge is 2.47. The molecular formula is C15H17F3N2O. The molecule has 0 N–H and O–H groups in total. The summed E-state index contributed by atoms with van der Waals surface area (Å²) in [5.74, 6) is -0.0981. The van der Waals surface area contributed by atoms with E-state index >= 15 is 0 Å². The Hall–Kier alpha value is -1.59. The molecule has 0 atom stereocenters. The summed E-state index contributed by atoms with van der Waals surface area (Å²) in [5.41, 5.74) is -0.748. The van der Waals surface area contributed by atoms with E-state index in [4.69, 9.17) is 0 Å². The molecule has 1 aliphatic carbocycles. The molecule has 114 valence electrons. The second-order valence-corrected chi connectivity index (χ2v) is 5.92. The molecule has 1 spiro atoms. The van der Waals surface area contributed by atoms with Crippen LogP contribution in [0.4, 0.5) is 13.2 Å². The van der Waals surface area contributed by atoms with Gasteiger partial charge in [-0.15, -0.1) is 0 Å². The van der Waals surface area contributed by atoms with Gasteiger partial charge in [0.25, 0.3) is 0 Å². The fourth-order valence-electron chi connectivity index (χ4n) is 3.42. The van der Waals surface area contributed by atoms with Gasteiger partial charge in [0.2, 0.25) is 5.91 Å². The zero-order chi connectivity index (χ0) is 15.1. The molecule has 1 aromatic heterocycles. The van der Waals surface area contributed by atoms with Gasteiger partial charge in [-0.1, -0.05) is 6.07 Å². The van der Waals surface area contributed by atoms with E-state index in [9.17, 15) is 18.0 Å². The van der Waals surface area contributed by atoms with Gasteiger partial charge in [-0.05, 0) is 44.2 Å². The average molecular weight is 298 g/mol. The topological polar surface area (TPSA) is 33.2 Å². The first-order chi connectivity index (χ1) is 9.91. The molecule has 1 amide bonds. The highest BCUT2D eigenvalue weighted by molar-refractivity contribution is 5.79. The molecular weight excluding hydrogens is 281 g/mol. The summed E-state index contributed by atoms with van der Waals surface area (Å²) in [5, 5.41) is 0. The maximum absolute atomic E-state index is 12.6. The number of nitrogens with zero attached hydrogens (tertiary/aromatic N) is 2. The lowest BCUT2D eigenvalue weighted by Gasteiger charge is -2.46. The van der Waals surface area contributed by atoms with Crippen molar-refractivity contribution in [1.82, 2.24) is 9.88 Å². The van der Waals surface area contributed by atoms with Crippen molar-refractivity contribution in [2.24, 2.45) is 0 Å². The summed E-state index contributed by atoms with van der Waals surface area (Å²) in [7, 11) is 0. The Bertz CT molecular complexity index is 552. The number of aromatic nitrogens is 1. The van der Waals surface area contributed by atoms with Crippen LogP contribution in [0.5, 0.6) is 0 Å². The van der Waals surface area contributed by atoms with Gasteiger partial charge in [0.1, 0.15) is 5.69 Å². The Labute approximate surface area is 121 Å². The third-order valence-electron chi connectivity index (χ3n) is 4.61. The van der Waals surface area contributed by atoms with Crippen LogP contribution in [0.1, 0.15) is 43.5 Å². The van der Waals surface area contributed by atoms with Crippen LogP contribution in [-0.2, 0) is 17.4 Å². The normalized spacial score (nSPS) is 20.6. The van der Waals surface area contributed by atoms with Gasteiger partial charge < -0.3 is 4.90 Å². The molecule has 21 heavy (non-hydrogen) atoms. The molecule has 0 bridgehead atoms. The number of likely N-dealkylation sites (tertiary alicyclic amines) is 1. The van der Waals surface area contributed by atoms with Crippen LogP contribution in [0.15, 0.2) is 18.2 Å². The van der Waals surface area contributed by atoms with Crippen molar-refractivity contribution in [3.8, 4) is 0 Å². The lowest BCUT2D eigenvalue weighted by Crippen LogP contribution is -2.52. The number of pyridine rings is 1. The molecule has 0 radical (unpaired) electrons. The zero-order valence-electron chi connectivity index (χ0n) is 11.6. The van der Waals surface area contributed by atoms with E-state index < -0.39 is 11.9 Å². The third kappa shape index (κ3) is 2.63. The molecule has 1 saturated carbocycles. The minimum atomic E-state index is -4.47. The molecule has 3 nitrogen and oxygen atoms in total. The Balaban J connectivity index is 1.73. The van der Waals surface area contributed by atoms with Gasteiger partial charge in [0.15, 0.2) is 0 Å². The van der Waals surface area contributed by atoms with Crippen molar-refractivity contribution in [2.45, 2.75) is 50.2 Å². The van der Waals surface area contributed by atoms with Gasteiger partial charge in [-0.3, -0.25) is 4.79 Å². The number of hydrogen-bond acceptors (Lipinski definition) is 2. The summed E-state index contributed by atoms with van der Waals surface area (Å²) in [6.07, 6.45) is 0.666. The van der Waals surface area contributed by atoms with E-state index in [2.05, 4.69) is 4.98 Å². The summed E-state index contributed by atoms with van der Waals surface area (Å²) in [4.78, 5) is 17.8. The van der Waals surface area contributed by atoms with E-state index in [1.165, 1.54) is 12.1 Å². The predicted octanol–water partition coefficient (Wildman–Crippen LogP) is 3.19. The molecule has 2 fully saturated rings. The minimum absolute atomic E-state index is 0.00127. The maximum Gasteiger partial charge on any atom is 0.433 e. The van der Waals surface area contributed by atoms with Crippen molar-refractivity contribution >= 4 is 5.91 Å². The Kier molecular flexibility index (Phi) is 3.42. The minimum Gasteiger partial charge on any atom is -0.337 e. The SMILES string of the molecule is O=C(Cc1cccc(C(F)(F)F)n1)N1CCCC12CCC2. The molecule has 1 aromatic rings. The number of rotatable bonds is 2. The first-order valence-corrected chi connectivity index (χ1v) is 7.24. The second kappa shape index (κ2) is 5.00. The van der Waals surface area contributed by atoms with Gasteiger partial charge in [0.05, 0.1) is 12.1 Å². The van der Waals surface area contributed by atoms with E-state index in [0.717, 1.165) is 44.7 Å². The van der Waals surface area contributed by atoms with Gasteiger partial charge in [-0.25, -0.2) is 4.98 Å². The largest absolute Gasteiger partial charge is 0.433 e. The van der Waals surface area contributed by atoms with Crippen molar-refractivity contribution < 1.29 is 18.0 Å². The molecule has 3 rings (SSSR count). The zero-order valence-corrected chi connectivity index (χ0v) is 11.6. The number of amides is 1. The quantitative estimate of drug-likeness (QED) is 0.840. The van der Waals surface area contributed by atoms with Crippen LogP contribution in [0, 0.1) is 0 Å². The first kappa shape index (κ1) is 14.4. The third-order valence-corrected chi connectivity index (χ3v) is 4.61.